The van der Waals surface area contributed by atoms with Gasteiger partial charge >= 0.3 is 0 Å². The minimum absolute atomic E-state index is 0.0589. The first-order valence-electron chi connectivity index (χ1n) is 6.60. The zero-order valence-electron chi connectivity index (χ0n) is 12.2. The predicted octanol–water partition coefficient (Wildman–Crippen LogP) is 1.54. The lowest BCUT2D eigenvalue weighted by Gasteiger charge is -2.26. The quantitative estimate of drug-likeness (QED) is 0.767. The Bertz CT molecular complexity index is 482. The molecule has 0 aliphatic heterocycles. The van der Waals surface area contributed by atoms with Crippen molar-refractivity contribution in [3.8, 4) is 6.07 Å². The third-order valence-corrected chi connectivity index (χ3v) is 3.19. The fraction of sp³-hybridized carbons (Fsp3) is 0.467. The molecule has 0 fully saturated rings. The highest BCUT2D eigenvalue weighted by Gasteiger charge is 2.19. The maximum absolute atomic E-state index is 12.0. The summed E-state index contributed by atoms with van der Waals surface area (Å²) in [5.41, 5.74) is 1.32. The lowest BCUT2D eigenvalue weighted by atomic mass is 10.1. The number of hydrogen-bond acceptors (Lipinski definition) is 4. The van der Waals surface area contributed by atoms with E-state index in [0.29, 0.717) is 18.7 Å². The molecule has 0 aliphatic rings. The van der Waals surface area contributed by atoms with Crippen molar-refractivity contribution in [3.05, 3.63) is 29.8 Å². The van der Waals surface area contributed by atoms with Crippen molar-refractivity contribution in [2.24, 2.45) is 0 Å². The smallest absolute Gasteiger partial charge is 0.242 e. The van der Waals surface area contributed by atoms with Crippen LogP contribution in [0.3, 0.4) is 0 Å². The monoisotopic (exact) mass is 275 g/mol. The van der Waals surface area contributed by atoms with Crippen LogP contribution in [0, 0.1) is 11.3 Å². The Morgan fingerprint density at radius 1 is 1.50 bits per heavy atom. The van der Waals surface area contributed by atoms with E-state index < -0.39 is 0 Å². The maximum atomic E-state index is 12.0. The summed E-state index contributed by atoms with van der Waals surface area (Å²) in [4.78, 5) is 13.9. The number of methoxy groups -OCH3 is 1. The summed E-state index contributed by atoms with van der Waals surface area (Å²) in [7, 11) is 3.45. The third kappa shape index (κ3) is 4.25. The molecule has 1 rings (SSSR count). The van der Waals surface area contributed by atoms with E-state index in [2.05, 4.69) is 11.4 Å². The number of ether oxygens (including phenoxy) is 1. The highest BCUT2D eigenvalue weighted by Crippen LogP contribution is 2.20. The Balaban J connectivity index is 2.64. The molecule has 1 atom stereocenters. The lowest BCUT2D eigenvalue weighted by Crippen LogP contribution is -2.44. The number of para-hydroxylation sites is 1. The first kappa shape index (κ1) is 16.0. The molecule has 1 aromatic rings. The van der Waals surface area contributed by atoms with Crippen molar-refractivity contribution in [2.45, 2.75) is 19.4 Å². The minimum atomic E-state index is -0.341. The summed E-state index contributed by atoms with van der Waals surface area (Å²) in [6, 6.07) is 9.05. The molecule has 0 saturated carbocycles. The summed E-state index contributed by atoms with van der Waals surface area (Å²) in [5.74, 6) is -0.0589. The average Bonchev–Trinajstić information content (AvgIpc) is 2.49. The van der Waals surface area contributed by atoms with E-state index in [-0.39, 0.29) is 11.9 Å². The standard InChI is InChI=1S/C15H21N3O2/c1-12(15(19)17-9-6-10-20-3)18(2)14-8-5-4-7-13(14)11-16/h4-5,7-8,12H,6,9-10H2,1-3H3,(H,17,19). The largest absolute Gasteiger partial charge is 0.385 e. The number of nitrogens with one attached hydrogen (secondary N) is 1. The van der Waals surface area contributed by atoms with Crippen LogP contribution in [-0.4, -0.2) is 39.3 Å². The molecule has 0 spiro atoms. The molecule has 1 N–H and O–H groups in total. The lowest BCUT2D eigenvalue weighted by molar-refractivity contribution is -0.122. The van der Waals surface area contributed by atoms with E-state index in [1.54, 1.807) is 13.2 Å². The Morgan fingerprint density at radius 3 is 2.85 bits per heavy atom. The first-order valence-corrected chi connectivity index (χ1v) is 6.60. The Hall–Kier alpha value is -2.06. The zero-order chi connectivity index (χ0) is 15.0. The second-order valence-corrected chi connectivity index (χ2v) is 4.55. The number of nitrogens with zero attached hydrogens (tertiary/aromatic N) is 2. The highest BCUT2D eigenvalue weighted by atomic mass is 16.5. The third-order valence-electron chi connectivity index (χ3n) is 3.19. The summed E-state index contributed by atoms with van der Waals surface area (Å²) in [6.45, 7) is 3.03. The fourth-order valence-electron chi connectivity index (χ4n) is 1.84. The summed E-state index contributed by atoms with van der Waals surface area (Å²) >= 11 is 0. The van der Waals surface area contributed by atoms with Gasteiger partial charge in [-0.3, -0.25) is 4.79 Å². The topological polar surface area (TPSA) is 65.4 Å². The van der Waals surface area contributed by atoms with E-state index in [1.165, 1.54) is 0 Å². The number of carbonyl (C=O) groups is 1. The van der Waals surface area contributed by atoms with Crippen LogP contribution >= 0.6 is 0 Å². The number of carbonyl (C=O) groups excluding carboxylic acids is 1. The number of likely N-dealkylation sites (N-methyl/N-ethyl adjacent to an activating group) is 1. The Morgan fingerprint density at radius 2 is 2.20 bits per heavy atom. The number of amides is 1. The number of benzene rings is 1. The summed E-state index contributed by atoms with van der Waals surface area (Å²) < 4.78 is 4.93. The van der Waals surface area contributed by atoms with Crippen molar-refractivity contribution in [1.29, 1.82) is 5.26 Å². The molecule has 0 radical (unpaired) electrons. The van der Waals surface area contributed by atoms with Gasteiger partial charge in [0.05, 0.1) is 11.3 Å². The van der Waals surface area contributed by atoms with Crippen molar-refractivity contribution in [2.75, 3.05) is 32.2 Å². The Labute approximate surface area is 120 Å². The van der Waals surface area contributed by atoms with Gasteiger partial charge in [-0.05, 0) is 25.5 Å². The van der Waals surface area contributed by atoms with Gasteiger partial charge in [0.2, 0.25) is 5.91 Å². The number of anilines is 1. The second kappa shape index (κ2) is 8.18. The second-order valence-electron chi connectivity index (χ2n) is 4.55. The van der Waals surface area contributed by atoms with Gasteiger partial charge in [-0.2, -0.15) is 5.26 Å². The number of rotatable bonds is 7. The van der Waals surface area contributed by atoms with Crippen molar-refractivity contribution in [1.82, 2.24) is 5.32 Å². The van der Waals surface area contributed by atoms with E-state index in [4.69, 9.17) is 10.00 Å². The van der Waals surface area contributed by atoms with E-state index in [0.717, 1.165) is 12.1 Å². The zero-order valence-corrected chi connectivity index (χ0v) is 12.2. The molecular formula is C15H21N3O2. The van der Waals surface area contributed by atoms with Gasteiger partial charge in [0.25, 0.3) is 0 Å². The predicted molar refractivity (Wildman–Crippen MR) is 78.5 cm³/mol. The Kier molecular flexibility index (Phi) is 6.54. The van der Waals surface area contributed by atoms with E-state index >= 15 is 0 Å². The molecule has 1 amide bonds. The van der Waals surface area contributed by atoms with E-state index in [9.17, 15) is 4.79 Å². The molecule has 1 aromatic carbocycles. The molecule has 0 saturated heterocycles. The number of hydrogen-bond donors (Lipinski definition) is 1. The molecule has 0 aliphatic carbocycles. The summed E-state index contributed by atoms with van der Waals surface area (Å²) in [5, 5.41) is 12.0. The average molecular weight is 275 g/mol. The minimum Gasteiger partial charge on any atom is -0.385 e. The maximum Gasteiger partial charge on any atom is 0.242 e. The van der Waals surface area contributed by atoms with Crippen molar-refractivity contribution in [3.63, 3.8) is 0 Å². The van der Waals surface area contributed by atoms with Gasteiger partial charge in [-0.15, -0.1) is 0 Å². The fourth-order valence-corrected chi connectivity index (χ4v) is 1.84. The summed E-state index contributed by atoms with van der Waals surface area (Å²) in [6.07, 6.45) is 0.785. The van der Waals surface area contributed by atoms with Crippen LogP contribution in [0.5, 0.6) is 0 Å². The molecule has 20 heavy (non-hydrogen) atoms. The molecule has 5 nitrogen and oxygen atoms in total. The van der Waals surface area contributed by atoms with Crippen LogP contribution < -0.4 is 10.2 Å². The normalized spacial score (nSPS) is 11.5. The van der Waals surface area contributed by atoms with Crippen molar-refractivity contribution < 1.29 is 9.53 Å². The van der Waals surface area contributed by atoms with Crippen LogP contribution in [0.25, 0.3) is 0 Å². The van der Waals surface area contributed by atoms with Gasteiger partial charge in [-0.25, -0.2) is 0 Å². The molecule has 1 unspecified atom stereocenters. The number of nitriles is 1. The van der Waals surface area contributed by atoms with Crippen molar-refractivity contribution >= 4 is 11.6 Å². The molecule has 5 heteroatoms. The van der Waals surface area contributed by atoms with E-state index in [1.807, 2.05) is 37.1 Å². The van der Waals surface area contributed by atoms with Gasteiger partial charge in [0.15, 0.2) is 0 Å². The van der Waals surface area contributed by atoms with Crippen LogP contribution in [0.1, 0.15) is 18.9 Å². The molecule has 0 heterocycles. The van der Waals surface area contributed by atoms with Gasteiger partial charge in [-0.1, -0.05) is 12.1 Å². The molecule has 0 aromatic heterocycles. The highest BCUT2D eigenvalue weighted by molar-refractivity contribution is 5.85. The van der Waals surface area contributed by atoms with Gasteiger partial charge < -0.3 is 15.0 Å². The van der Waals surface area contributed by atoms with Gasteiger partial charge in [0.1, 0.15) is 12.1 Å². The van der Waals surface area contributed by atoms with Crippen LogP contribution in [0.2, 0.25) is 0 Å². The van der Waals surface area contributed by atoms with Gasteiger partial charge in [0, 0.05) is 27.3 Å². The van der Waals surface area contributed by atoms with Crippen LogP contribution in [-0.2, 0) is 9.53 Å². The van der Waals surface area contributed by atoms with Crippen LogP contribution in [0.4, 0.5) is 5.69 Å². The molecule has 108 valence electrons. The SMILES string of the molecule is COCCCNC(=O)C(C)N(C)c1ccccc1C#N. The molecule has 0 bridgehead atoms. The molecular weight excluding hydrogens is 254 g/mol. The van der Waals surface area contributed by atoms with Crippen LogP contribution in [0.15, 0.2) is 24.3 Å². The first-order chi connectivity index (χ1) is 9.61.